The Bertz CT molecular complexity index is 731. The summed E-state index contributed by atoms with van der Waals surface area (Å²) >= 11 is 1.81. The van der Waals surface area contributed by atoms with E-state index in [0.717, 1.165) is 24.3 Å². The molecule has 100 valence electrons. The number of H-pyrrole nitrogens is 1. The maximum atomic E-state index is 13.8. The minimum Gasteiger partial charge on any atom is -0.307 e. The monoisotopic (exact) mass is 280 g/mol. The Labute approximate surface area is 112 Å². The number of fused-ring (bicyclic) bond motifs is 1. The largest absolute Gasteiger partial charge is 0.329 e. The molecular weight excluding hydrogens is 267 g/mol. The van der Waals surface area contributed by atoms with E-state index in [9.17, 15) is 14.0 Å². The SMILES string of the molecule is O=c1[nH]c2cccc(F)c2c(=O)n1C1CCSCC1. The Hall–Kier alpha value is -1.56. The molecule has 2 aromatic rings. The number of nitrogens with one attached hydrogen (secondary N) is 1. The van der Waals surface area contributed by atoms with Crippen molar-refractivity contribution in [2.75, 3.05) is 11.5 Å². The highest BCUT2D eigenvalue weighted by Crippen LogP contribution is 2.25. The van der Waals surface area contributed by atoms with Crippen molar-refractivity contribution < 1.29 is 4.39 Å². The number of hydrogen-bond acceptors (Lipinski definition) is 3. The zero-order chi connectivity index (χ0) is 13.4. The van der Waals surface area contributed by atoms with E-state index in [1.807, 2.05) is 11.8 Å². The van der Waals surface area contributed by atoms with E-state index >= 15 is 0 Å². The number of nitrogens with zero attached hydrogens (tertiary/aromatic N) is 1. The van der Waals surface area contributed by atoms with Crippen LogP contribution in [0.4, 0.5) is 4.39 Å². The molecule has 0 spiro atoms. The molecule has 1 fully saturated rings. The fraction of sp³-hybridized carbons (Fsp3) is 0.385. The first-order valence-electron chi connectivity index (χ1n) is 6.19. The Morgan fingerprint density at radius 1 is 1.26 bits per heavy atom. The molecule has 1 saturated heterocycles. The summed E-state index contributed by atoms with van der Waals surface area (Å²) in [6.07, 6.45) is 1.54. The van der Waals surface area contributed by atoms with Crippen molar-refractivity contribution in [1.29, 1.82) is 0 Å². The second-order valence-electron chi connectivity index (χ2n) is 4.61. The van der Waals surface area contributed by atoms with Gasteiger partial charge in [0, 0.05) is 6.04 Å². The highest BCUT2D eigenvalue weighted by atomic mass is 32.2. The Balaban J connectivity index is 2.27. The lowest BCUT2D eigenvalue weighted by Crippen LogP contribution is -2.39. The summed E-state index contributed by atoms with van der Waals surface area (Å²) in [5.74, 6) is 1.26. The van der Waals surface area contributed by atoms with Crippen molar-refractivity contribution in [3.63, 3.8) is 0 Å². The van der Waals surface area contributed by atoms with Crippen molar-refractivity contribution in [2.45, 2.75) is 18.9 Å². The second kappa shape index (κ2) is 4.85. The first kappa shape index (κ1) is 12.5. The smallest absolute Gasteiger partial charge is 0.307 e. The molecule has 1 aromatic heterocycles. The van der Waals surface area contributed by atoms with Crippen LogP contribution < -0.4 is 11.2 Å². The molecule has 1 aliphatic heterocycles. The van der Waals surface area contributed by atoms with Crippen LogP contribution in [0.25, 0.3) is 10.9 Å². The van der Waals surface area contributed by atoms with Gasteiger partial charge in [0.15, 0.2) is 0 Å². The number of aromatic nitrogens is 2. The number of hydrogen-bond donors (Lipinski definition) is 1. The van der Waals surface area contributed by atoms with Gasteiger partial charge in [-0.1, -0.05) is 6.07 Å². The summed E-state index contributed by atoms with van der Waals surface area (Å²) in [5.41, 5.74) is -0.704. The molecule has 0 aliphatic carbocycles. The average Bonchev–Trinajstić information content (AvgIpc) is 2.39. The van der Waals surface area contributed by atoms with E-state index in [1.54, 1.807) is 6.07 Å². The molecule has 0 amide bonds. The van der Waals surface area contributed by atoms with E-state index in [0.29, 0.717) is 0 Å². The highest BCUT2D eigenvalue weighted by molar-refractivity contribution is 7.99. The van der Waals surface area contributed by atoms with Gasteiger partial charge in [-0.2, -0.15) is 11.8 Å². The molecule has 2 heterocycles. The van der Waals surface area contributed by atoms with Crippen LogP contribution in [0.3, 0.4) is 0 Å². The lowest BCUT2D eigenvalue weighted by Gasteiger charge is -2.22. The molecule has 1 aromatic carbocycles. The predicted molar refractivity (Wildman–Crippen MR) is 74.4 cm³/mol. The normalized spacial score (nSPS) is 16.9. The summed E-state index contributed by atoms with van der Waals surface area (Å²) < 4.78 is 15.0. The van der Waals surface area contributed by atoms with Crippen LogP contribution in [0.15, 0.2) is 27.8 Å². The molecule has 1 N–H and O–H groups in total. The molecule has 0 atom stereocenters. The van der Waals surface area contributed by atoms with Crippen LogP contribution in [0.5, 0.6) is 0 Å². The van der Waals surface area contributed by atoms with Gasteiger partial charge < -0.3 is 4.98 Å². The third kappa shape index (κ3) is 2.10. The van der Waals surface area contributed by atoms with Crippen molar-refractivity contribution in [2.24, 2.45) is 0 Å². The van der Waals surface area contributed by atoms with Gasteiger partial charge in [0.05, 0.1) is 10.9 Å². The van der Waals surface area contributed by atoms with E-state index in [-0.39, 0.29) is 16.9 Å². The van der Waals surface area contributed by atoms with Gasteiger partial charge >= 0.3 is 5.69 Å². The molecule has 3 rings (SSSR count). The number of aromatic amines is 1. The number of thioether (sulfide) groups is 1. The fourth-order valence-corrected chi connectivity index (χ4v) is 3.59. The van der Waals surface area contributed by atoms with Crippen molar-refractivity contribution in [3.05, 3.63) is 44.9 Å². The third-order valence-electron chi connectivity index (χ3n) is 3.46. The predicted octanol–water partition coefficient (Wildman–Crippen LogP) is 1.90. The van der Waals surface area contributed by atoms with Crippen LogP contribution in [0.1, 0.15) is 18.9 Å². The lowest BCUT2D eigenvalue weighted by molar-refractivity contribution is 0.440. The Kier molecular flexibility index (Phi) is 3.18. The van der Waals surface area contributed by atoms with Crippen LogP contribution in [0.2, 0.25) is 0 Å². The molecular formula is C13H13FN2O2S. The van der Waals surface area contributed by atoms with Gasteiger partial charge in [-0.3, -0.25) is 9.36 Å². The first-order valence-corrected chi connectivity index (χ1v) is 7.35. The minimum absolute atomic E-state index is 0.0275. The summed E-state index contributed by atoms with van der Waals surface area (Å²) in [5, 5.41) is -0.0275. The summed E-state index contributed by atoms with van der Waals surface area (Å²) in [6, 6.07) is 4.14. The zero-order valence-electron chi connectivity index (χ0n) is 10.2. The maximum absolute atomic E-state index is 13.8. The fourth-order valence-electron chi connectivity index (χ4n) is 2.51. The quantitative estimate of drug-likeness (QED) is 0.868. The van der Waals surface area contributed by atoms with Crippen LogP contribution in [0, 0.1) is 5.82 Å². The number of rotatable bonds is 1. The average molecular weight is 280 g/mol. The molecule has 0 unspecified atom stereocenters. The van der Waals surface area contributed by atoms with Gasteiger partial charge in [-0.25, -0.2) is 9.18 Å². The Morgan fingerprint density at radius 2 is 2.00 bits per heavy atom. The van der Waals surface area contributed by atoms with Crippen LogP contribution >= 0.6 is 11.8 Å². The van der Waals surface area contributed by atoms with Crippen LogP contribution in [-0.4, -0.2) is 21.1 Å². The van der Waals surface area contributed by atoms with E-state index in [1.165, 1.54) is 16.7 Å². The molecule has 1 aliphatic rings. The zero-order valence-corrected chi connectivity index (χ0v) is 11.0. The standard InChI is InChI=1S/C13H13FN2O2S/c14-9-2-1-3-10-11(9)12(17)16(13(18)15-10)8-4-6-19-7-5-8/h1-3,8H,4-7H2,(H,15,18). The minimum atomic E-state index is -0.585. The topological polar surface area (TPSA) is 54.9 Å². The highest BCUT2D eigenvalue weighted by Gasteiger charge is 2.21. The number of halogens is 1. The van der Waals surface area contributed by atoms with Gasteiger partial charge in [0.1, 0.15) is 5.82 Å². The lowest BCUT2D eigenvalue weighted by atomic mass is 10.1. The van der Waals surface area contributed by atoms with Gasteiger partial charge in [0.25, 0.3) is 5.56 Å². The van der Waals surface area contributed by atoms with E-state index in [4.69, 9.17) is 0 Å². The van der Waals surface area contributed by atoms with Gasteiger partial charge in [-0.05, 0) is 36.5 Å². The molecule has 0 bridgehead atoms. The second-order valence-corrected chi connectivity index (χ2v) is 5.84. The van der Waals surface area contributed by atoms with Crippen molar-refractivity contribution in [3.8, 4) is 0 Å². The molecule has 19 heavy (non-hydrogen) atoms. The third-order valence-corrected chi connectivity index (χ3v) is 4.51. The van der Waals surface area contributed by atoms with Gasteiger partial charge in [-0.15, -0.1) is 0 Å². The molecule has 6 heteroatoms. The van der Waals surface area contributed by atoms with Crippen LogP contribution in [-0.2, 0) is 0 Å². The maximum Gasteiger partial charge on any atom is 0.329 e. The number of benzene rings is 1. The first-order chi connectivity index (χ1) is 9.18. The van der Waals surface area contributed by atoms with E-state index < -0.39 is 17.1 Å². The Morgan fingerprint density at radius 3 is 2.74 bits per heavy atom. The summed E-state index contributed by atoms with van der Waals surface area (Å²) in [4.78, 5) is 27.0. The summed E-state index contributed by atoms with van der Waals surface area (Å²) in [6.45, 7) is 0. The van der Waals surface area contributed by atoms with Crippen molar-refractivity contribution in [1.82, 2.24) is 9.55 Å². The summed E-state index contributed by atoms with van der Waals surface area (Å²) in [7, 11) is 0. The van der Waals surface area contributed by atoms with Gasteiger partial charge in [0.2, 0.25) is 0 Å². The van der Waals surface area contributed by atoms with E-state index in [2.05, 4.69) is 4.98 Å². The molecule has 0 radical (unpaired) electrons. The molecule has 4 nitrogen and oxygen atoms in total. The van der Waals surface area contributed by atoms with Crippen molar-refractivity contribution >= 4 is 22.7 Å². The molecule has 0 saturated carbocycles.